The number of phenolic OH excluding ortho intramolecular Hbond substituents is 1. The van der Waals surface area contributed by atoms with Gasteiger partial charge in [-0.3, -0.25) is 9.59 Å². The Balaban J connectivity index is 1.25. The zero-order valence-corrected chi connectivity index (χ0v) is 22.9. The molecule has 0 spiro atoms. The number of hydrogen-bond acceptors (Lipinski definition) is 5. The van der Waals surface area contributed by atoms with E-state index in [0.29, 0.717) is 25.8 Å². The van der Waals surface area contributed by atoms with Crippen LogP contribution in [0.1, 0.15) is 58.9 Å². The number of nitrogens with one attached hydrogen (secondary N) is 1. The summed E-state index contributed by atoms with van der Waals surface area (Å²) in [5.41, 5.74) is 12.9. The fraction of sp³-hybridized carbons (Fsp3) is 0.333. The average molecular weight is 538 g/mol. The van der Waals surface area contributed by atoms with Gasteiger partial charge < -0.3 is 25.5 Å². The van der Waals surface area contributed by atoms with Gasteiger partial charge >= 0.3 is 0 Å². The van der Waals surface area contributed by atoms with Crippen LogP contribution in [0.4, 0.5) is 5.69 Å². The van der Waals surface area contributed by atoms with Crippen molar-refractivity contribution in [2.45, 2.75) is 58.0 Å². The number of fused-ring (bicyclic) bond motifs is 2. The van der Waals surface area contributed by atoms with Gasteiger partial charge in [0, 0.05) is 30.0 Å². The summed E-state index contributed by atoms with van der Waals surface area (Å²) in [5.74, 6) is 1.13. The molecular weight excluding hydrogens is 502 g/mol. The predicted molar refractivity (Wildman–Crippen MR) is 155 cm³/mol. The first kappa shape index (κ1) is 26.1. The van der Waals surface area contributed by atoms with Crippen LogP contribution in [0, 0.1) is 19.8 Å². The van der Waals surface area contributed by atoms with Crippen molar-refractivity contribution < 1.29 is 19.1 Å². The number of furan rings is 1. The second-order valence-electron chi connectivity index (χ2n) is 11.3. The van der Waals surface area contributed by atoms with Crippen molar-refractivity contribution in [3.8, 4) is 5.75 Å². The summed E-state index contributed by atoms with van der Waals surface area (Å²) in [6, 6.07) is 18.6. The maximum atomic E-state index is 13.3. The number of carbonyl (C=O) groups is 2. The number of amides is 2. The Morgan fingerprint density at radius 1 is 1.05 bits per heavy atom. The van der Waals surface area contributed by atoms with E-state index >= 15 is 0 Å². The van der Waals surface area contributed by atoms with Crippen molar-refractivity contribution in [2.24, 2.45) is 11.7 Å². The first-order valence-corrected chi connectivity index (χ1v) is 14.0. The Morgan fingerprint density at radius 3 is 2.52 bits per heavy atom. The minimum atomic E-state index is -0.741. The number of phenols is 1. The molecule has 40 heavy (non-hydrogen) atoms. The maximum absolute atomic E-state index is 13.3. The number of nitrogens with zero attached hydrogens (tertiary/aromatic N) is 1. The van der Waals surface area contributed by atoms with Crippen LogP contribution in [0.2, 0.25) is 0 Å². The minimum Gasteiger partial charge on any atom is -0.508 e. The van der Waals surface area contributed by atoms with Gasteiger partial charge in [0.1, 0.15) is 17.1 Å². The molecule has 0 saturated heterocycles. The number of hydrogen-bond donors (Lipinski definition) is 3. The predicted octanol–water partition coefficient (Wildman–Crippen LogP) is 5.22. The van der Waals surface area contributed by atoms with Crippen molar-refractivity contribution in [3.63, 3.8) is 0 Å². The molecule has 1 saturated carbocycles. The fourth-order valence-electron chi connectivity index (χ4n) is 5.91. The molecule has 206 valence electrons. The van der Waals surface area contributed by atoms with Crippen molar-refractivity contribution in [3.05, 3.63) is 94.2 Å². The van der Waals surface area contributed by atoms with E-state index in [1.807, 2.05) is 55.1 Å². The SMILES string of the molecule is Cc1cc(O)cc(C)c1C[C@H](N)C(=O)N[C@@H]1CCN(C(=O)C2CC2)c2ccc(Cc3cc4ccccc4o3)cc21. The molecule has 1 fully saturated rings. The standard InChI is InChI=1S/C33H35N3O4/c1-19-13-24(37)14-20(2)26(19)18-28(34)32(38)35-29-11-12-36(33(39)22-8-9-22)30-10-7-21(16-27(29)30)15-25-17-23-5-3-4-6-31(23)40-25/h3-7,10,13-14,16-17,22,28-29,37H,8-9,11-12,15,18,34H2,1-2H3,(H,35,38)/t28-,29+/m0/s1. The van der Waals surface area contributed by atoms with Gasteiger partial charge in [-0.15, -0.1) is 0 Å². The second kappa shape index (κ2) is 10.5. The number of rotatable bonds is 7. The lowest BCUT2D eigenvalue weighted by molar-refractivity contribution is -0.123. The van der Waals surface area contributed by atoms with Gasteiger partial charge in [0.2, 0.25) is 11.8 Å². The van der Waals surface area contributed by atoms with E-state index in [1.54, 1.807) is 12.1 Å². The van der Waals surface area contributed by atoms with Crippen LogP contribution in [0.25, 0.3) is 11.0 Å². The van der Waals surface area contributed by atoms with E-state index in [1.165, 1.54) is 0 Å². The third kappa shape index (κ3) is 5.21. The number of aryl methyl sites for hydroxylation is 2. The molecular formula is C33H35N3O4. The molecule has 2 atom stereocenters. The van der Waals surface area contributed by atoms with Crippen molar-refractivity contribution in [2.75, 3.05) is 11.4 Å². The van der Waals surface area contributed by atoms with Crippen LogP contribution in [0.5, 0.6) is 5.75 Å². The third-order valence-corrected chi connectivity index (χ3v) is 8.21. The molecule has 4 aromatic rings. The number of anilines is 1. The third-order valence-electron chi connectivity index (χ3n) is 8.21. The van der Waals surface area contributed by atoms with Gasteiger partial charge in [-0.25, -0.2) is 0 Å². The van der Waals surface area contributed by atoms with Crippen molar-refractivity contribution in [1.82, 2.24) is 5.32 Å². The van der Waals surface area contributed by atoms with E-state index in [2.05, 4.69) is 17.4 Å². The summed E-state index contributed by atoms with van der Waals surface area (Å²) in [6.45, 7) is 4.39. The smallest absolute Gasteiger partial charge is 0.237 e. The molecule has 1 aromatic heterocycles. The van der Waals surface area contributed by atoms with Crippen LogP contribution < -0.4 is 16.0 Å². The molecule has 1 aliphatic heterocycles. The molecule has 2 aliphatic rings. The van der Waals surface area contributed by atoms with E-state index in [0.717, 1.165) is 63.1 Å². The molecule has 0 radical (unpaired) electrons. The molecule has 6 rings (SSSR count). The Bertz CT molecular complexity index is 1550. The van der Waals surface area contributed by atoms with Crippen molar-refractivity contribution in [1.29, 1.82) is 0 Å². The van der Waals surface area contributed by atoms with E-state index in [9.17, 15) is 14.7 Å². The zero-order chi connectivity index (χ0) is 28.0. The Kier molecular flexibility index (Phi) is 6.84. The van der Waals surface area contributed by atoms with Gasteiger partial charge in [0.25, 0.3) is 0 Å². The zero-order valence-electron chi connectivity index (χ0n) is 22.9. The lowest BCUT2D eigenvalue weighted by atomic mass is 9.92. The molecule has 7 nitrogen and oxygen atoms in total. The van der Waals surface area contributed by atoms with Crippen molar-refractivity contribution >= 4 is 28.5 Å². The van der Waals surface area contributed by atoms with E-state index in [-0.39, 0.29) is 29.5 Å². The first-order chi connectivity index (χ1) is 19.3. The van der Waals surface area contributed by atoms with E-state index in [4.69, 9.17) is 10.2 Å². The van der Waals surface area contributed by atoms with Gasteiger partial charge in [-0.2, -0.15) is 0 Å². The molecule has 2 amide bonds. The highest BCUT2D eigenvalue weighted by molar-refractivity contribution is 5.98. The largest absolute Gasteiger partial charge is 0.508 e. The van der Waals surface area contributed by atoms with E-state index < -0.39 is 6.04 Å². The lowest BCUT2D eigenvalue weighted by Crippen LogP contribution is -2.47. The first-order valence-electron chi connectivity index (χ1n) is 14.0. The average Bonchev–Trinajstić information content (AvgIpc) is 3.70. The van der Waals surface area contributed by atoms with Gasteiger partial charge in [-0.1, -0.05) is 30.3 Å². The van der Waals surface area contributed by atoms with Crippen LogP contribution in [-0.2, 0) is 22.4 Å². The number of carbonyl (C=O) groups excluding carboxylic acids is 2. The number of benzene rings is 3. The van der Waals surface area contributed by atoms with Crippen LogP contribution in [-0.4, -0.2) is 29.5 Å². The summed E-state index contributed by atoms with van der Waals surface area (Å²) in [4.78, 5) is 28.3. The Morgan fingerprint density at radius 2 is 1.80 bits per heavy atom. The Labute approximate surface area is 234 Å². The maximum Gasteiger partial charge on any atom is 0.237 e. The molecule has 2 heterocycles. The minimum absolute atomic E-state index is 0.111. The molecule has 3 aromatic carbocycles. The number of nitrogens with two attached hydrogens (primary N) is 1. The summed E-state index contributed by atoms with van der Waals surface area (Å²) in [6.07, 6.45) is 3.50. The molecule has 0 bridgehead atoms. The fourth-order valence-corrected chi connectivity index (χ4v) is 5.91. The highest BCUT2D eigenvalue weighted by Crippen LogP contribution is 2.39. The van der Waals surface area contributed by atoms with Crippen LogP contribution in [0.15, 0.2) is 65.1 Å². The summed E-state index contributed by atoms with van der Waals surface area (Å²) in [5, 5.41) is 14.1. The highest BCUT2D eigenvalue weighted by atomic mass is 16.3. The summed E-state index contributed by atoms with van der Waals surface area (Å²) in [7, 11) is 0. The van der Waals surface area contributed by atoms with Gasteiger partial charge in [0.05, 0.1) is 12.1 Å². The number of para-hydroxylation sites is 1. The van der Waals surface area contributed by atoms with Gasteiger partial charge in [-0.05, 0) is 97.7 Å². The lowest BCUT2D eigenvalue weighted by Gasteiger charge is -2.35. The Hall–Kier alpha value is -4.10. The number of aromatic hydroxyl groups is 1. The van der Waals surface area contributed by atoms with Crippen LogP contribution in [0.3, 0.4) is 0 Å². The summed E-state index contributed by atoms with van der Waals surface area (Å²) < 4.78 is 6.05. The van der Waals surface area contributed by atoms with Gasteiger partial charge in [0.15, 0.2) is 0 Å². The quantitative estimate of drug-likeness (QED) is 0.300. The molecule has 1 aliphatic carbocycles. The molecule has 7 heteroatoms. The summed E-state index contributed by atoms with van der Waals surface area (Å²) >= 11 is 0. The normalized spacial score (nSPS) is 17.5. The van der Waals surface area contributed by atoms with Crippen LogP contribution >= 0.6 is 0 Å². The highest BCUT2D eigenvalue weighted by Gasteiger charge is 2.38. The molecule has 0 unspecified atom stereocenters. The second-order valence-corrected chi connectivity index (χ2v) is 11.3. The molecule has 4 N–H and O–H groups in total. The monoisotopic (exact) mass is 537 g/mol. The topological polar surface area (TPSA) is 109 Å².